The molecule has 1 heterocycles. The summed E-state index contributed by atoms with van der Waals surface area (Å²) in [6.07, 6.45) is 47.7. The first-order chi connectivity index (χ1) is 35.6. The molecular weight excluding hydrogens is 925 g/mol. The van der Waals surface area contributed by atoms with Gasteiger partial charge < -0.3 is 39.0 Å². The van der Waals surface area contributed by atoms with Crippen molar-refractivity contribution in [2.24, 2.45) is 0 Å². The number of carboxylic acids is 1. The van der Waals surface area contributed by atoms with Gasteiger partial charge >= 0.3 is 23.9 Å². The van der Waals surface area contributed by atoms with E-state index in [1.54, 1.807) is 0 Å². The third-order valence-corrected chi connectivity index (χ3v) is 13.1. The number of rotatable bonds is 49. The molecule has 0 bridgehead atoms. The van der Waals surface area contributed by atoms with Crippen LogP contribution in [0.2, 0.25) is 0 Å². The molecule has 12 heteroatoms. The smallest absolute Gasteiger partial charge is 0.335 e. The Morgan fingerprint density at radius 1 is 0.466 bits per heavy atom. The number of unbranched alkanes of at least 4 members (excludes halogenated alkanes) is 25. The lowest BCUT2D eigenvalue weighted by Crippen LogP contribution is -2.61. The van der Waals surface area contributed by atoms with Crippen molar-refractivity contribution in [2.45, 2.75) is 289 Å². The number of aliphatic hydroxyl groups is 2. The third kappa shape index (κ3) is 39.5. The Morgan fingerprint density at radius 2 is 0.863 bits per heavy atom. The van der Waals surface area contributed by atoms with E-state index >= 15 is 0 Å². The van der Waals surface area contributed by atoms with E-state index < -0.39 is 67.3 Å². The van der Waals surface area contributed by atoms with E-state index in [1.807, 2.05) is 0 Å². The van der Waals surface area contributed by atoms with Crippen molar-refractivity contribution < 1.29 is 58.2 Å². The largest absolute Gasteiger partial charge is 0.479 e. The highest BCUT2D eigenvalue weighted by atomic mass is 16.7. The van der Waals surface area contributed by atoms with Gasteiger partial charge in [-0.25, -0.2) is 4.79 Å². The summed E-state index contributed by atoms with van der Waals surface area (Å²) < 4.78 is 28.4. The normalized spacial score (nSPS) is 18.7. The maximum Gasteiger partial charge on any atom is 0.335 e. The third-order valence-electron chi connectivity index (χ3n) is 13.1. The van der Waals surface area contributed by atoms with Crippen LogP contribution < -0.4 is 0 Å². The number of aliphatic hydroxyl groups excluding tert-OH is 2. The number of esters is 3. The summed E-state index contributed by atoms with van der Waals surface area (Å²) in [5.41, 5.74) is 0. The van der Waals surface area contributed by atoms with Crippen molar-refractivity contribution in [3.05, 3.63) is 60.8 Å². The van der Waals surface area contributed by atoms with Gasteiger partial charge in [0.15, 0.2) is 24.6 Å². The summed E-state index contributed by atoms with van der Waals surface area (Å²) in [4.78, 5) is 51.0. The Morgan fingerprint density at radius 3 is 1.37 bits per heavy atom. The van der Waals surface area contributed by atoms with Gasteiger partial charge in [-0.1, -0.05) is 210 Å². The Bertz CT molecular complexity index is 1500. The molecule has 0 saturated carbocycles. The molecule has 6 unspecified atom stereocenters. The predicted molar refractivity (Wildman–Crippen MR) is 294 cm³/mol. The molecule has 1 saturated heterocycles. The summed E-state index contributed by atoms with van der Waals surface area (Å²) in [5.74, 6) is -3.17. The van der Waals surface area contributed by atoms with E-state index in [-0.39, 0.29) is 25.9 Å². The van der Waals surface area contributed by atoms with E-state index in [2.05, 4.69) is 81.5 Å². The van der Waals surface area contributed by atoms with Gasteiger partial charge in [0.05, 0.1) is 6.61 Å². The maximum absolute atomic E-state index is 13.1. The molecule has 0 spiro atoms. The fourth-order valence-electron chi connectivity index (χ4n) is 8.59. The van der Waals surface area contributed by atoms with Gasteiger partial charge in [-0.2, -0.15) is 0 Å². The molecule has 0 radical (unpaired) electrons. The first-order valence-corrected chi connectivity index (χ1v) is 29.3. The van der Waals surface area contributed by atoms with E-state index in [9.17, 15) is 34.5 Å². The van der Waals surface area contributed by atoms with Crippen molar-refractivity contribution in [1.82, 2.24) is 0 Å². The second kappa shape index (κ2) is 49.3. The number of aliphatic carboxylic acids is 1. The van der Waals surface area contributed by atoms with Crippen LogP contribution in [0.15, 0.2) is 60.8 Å². The van der Waals surface area contributed by atoms with E-state index in [1.165, 1.54) is 89.9 Å². The molecule has 73 heavy (non-hydrogen) atoms. The number of ether oxygens (including phenoxy) is 5. The zero-order valence-corrected chi connectivity index (χ0v) is 46.1. The zero-order valence-electron chi connectivity index (χ0n) is 46.1. The highest BCUT2D eigenvalue weighted by Crippen LogP contribution is 2.26. The molecule has 12 nitrogen and oxygen atoms in total. The van der Waals surface area contributed by atoms with Crippen molar-refractivity contribution in [2.75, 3.05) is 13.2 Å². The van der Waals surface area contributed by atoms with Crippen molar-refractivity contribution >= 4 is 23.9 Å². The van der Waals surface area contributed by atoms with Crippen LogP contribution in [0.3, 0.4) is 0 Å². The number of carboxylic acid groups (broad SMARTS) is 1. The van der Waals surface area contributed by atoms with E-state index in [0.717, 1.165) is 103 Å². The second-order valence-electron chi connectivity index (χ2n) is 19.9. The van der Waals surface area contributed by atoms with Crippen LogP contribution in [0.5, 0.6) is 0 Å². The summed E-state index contributed by atoms with van der Waals surface area (Å²) in [6.45, 7) is 5.82. The van der Waals surface area contributed by atoms with Crippen LogP contribution in [0.1, 0.15) is 252 Å². The minimum atomic E-state index is -1.91. The van der Waals surface area contributed by atoms with Gasteiger partial charge in [0.2, 0.25) is 0 Å². The van der Waals surface area contributed by atoms with Crippen LogP contribution in [0.25, 0.3) is 0 Å². The van der Waals surface area contributed by atoms with E-state index in [4.69, 9.17) is 23.7 Å². The van der Waals surface area contributed by atoms with Crippen LogP contribution in [0, 0.1) is 0 Å². The minimum Gasteiger partial charge on any atom is -0.479 e. The van der Waals surface area contributed by atoms with E-state index in [0.29, 0.717) is 19.3 Å². The first-order valence-electron chi connectivity index (χ1n) is 29.3. The molecule has 0 aromatic carbocycles. The Hall–Kier alpha value is -3.58. The average molecular weight is 1030 g/mol. The average Bonchev–Trinajstić information content (AvgIpc) is 3.37. The van der Waals surface area contributed by atoms with Gasteiger partial charge in [0, 0.05) is 19.3 Å². The highest BCUT2D eigenvalue weighted by Gasteiger charge is 2.50. The maximum atomic E-state index is 13.1. The van der Waals surface area contributed by atoms with Gasteiger partial charge in [0.25, 0.3) is 0 Å². The Balaban J connectivity index is 2.72. The van der Waals surface area contributed by atoms with Crippen LogP contribution in [0.4, 0.5) is 0 Å². The van der Waals surface area contributed by atoms with Crippen molar-refractivity contribution in [1.29, 1.82) is 0 Å². The minimum absolute atomic E-state index is 0.0581. The number of hydrogen-bond acceptors (Lipinski definition) is 11. The van der Waals surface area contributed by atoms with Crippen LogP contribution in [-0.2, 0) is 42.9 Å². The predicted octanol–water partition coefficient (Wildman–Crippen LogP) is 14.8. The van der Waals surface area contributed by atoms with Gasteiger partial charge in [0.1, 0.15) is 18.8 Å². The van der Waals surface area contributed by atoms with Crippen molar-refractivity contribution in [3.8, 4) is 0 Å². The topological polar surface area (TPSA) is 175 Å². The summed E-state index contributed by atoms with van der Waals surface area (Å²) in [5, 5.41) is 31.5. The molecule has 1 aliphatic rings. The number of carbonyl (C=O) groups excluding carboxylic acids is 3. The number of allylic oxidation sites excluding steroid dienone is 10. The molecule has 0 aromatic rings. The highest BCUT2D eigenvalue weighted by molar-refractivity contribution is 5.74. The molecular formula is C61H104O12. The Kier molecular flexibility index (Phi) is 45.5. The van der Waals surface area contributed by atoms with Crippen LogP contribution in [-0.4, -0.2) is 89.2 Å². The van der Waals surface area contributed by atoms with Gasteiger partial charge in [-0.05, 0) is 83.5 Å². The summed E-state index contributed by atoms with van der Waals surface area (Å²) >= 11 is 0. The molecule has 420 valence electrons. The number of carbonyl (C=O) groups is 4. The lowest BCUT2D eigenvalue weighted by molar-refractivity contribution is -0.301. The van der Waals surface area contributed by atoms with Gasteiger partial charge in [-0.15, -0.1) is 0 Å². The fourth-order valence-corrected chi connectivity index (χ4v) is 8.59. The van der Waals surface area contributed by atoms with Crippen molar-refractivity contribution in [3.63, 3.8) is 0 Å². The number of hydrogen-bond donors (Lipinski definition) is 3. The molecule has 1 rings (SSSR count). The standard InChI is InChI=1S/C61H104O12/c1-4-7-10-13-16-19-22-25-27-30-32-35-38-41-44-47-53(62)69-50-52(71-54(63)48-45-42-39-36-33-29-24-21-18-15-12-9-6-3)51-70-61-59(57(66)56(65)58(73-61)60(67)68)72-55(64)49-46-43-40-37-34-31-28-26-23-20-17-14-11-8-5-2/h7,10,16,19,21,24-25,27,32,35,52,56-59,61,65-66H,4-6,8-9,11-15,17-18,20,22-23,26,28-31,33-34,36-51H2,1-3H3,(H,67,68)/b10-7-,19-16-,24-21-,27-25-,35-32-. The molecule has 0 aliphatic carbocycles. The molecule has 3 N–H and O–H groups in total. The zero-order chi connectivity index (χ0) is 53.3. The molecule has 0 aromatic heterocycles. The lowest BCUT2D eigenvalue weighted by Gasteiger charge is -2.40. The molecule has 0 amide bonds. The fraction of sp³-hybridized carbons (Fsp3) is 0.770. The summed E-state index contributed by atoms with van der Waals surface area (Å²) in [6, 6.07) is 0. The molecule has 1 fully saturated rings. The quantitative estimate of drug-likeness (QED) is 0.0228. The van der Waals surface area contributed by atoms with Gasteiger partial charge in [-0.3, -0.25) is 14.4 Å². The lowest BCUT2D eigenvalue weighted by atomic mass is 9.98. The first kappa shape index (κ1) is 67.4. The SMILES string of the molecule is CC/C=C\C/C=C\C/C=C\C/C=C\CCCCC(=O)OCC(COC1OC(C(=O)O)C(O)C(O)C1OC(=O)CCCCCCCCCCCCCCCCC)OC(=O)CCCCCCC/C=C\CCCCCC. The summed E-state index contributed by atoms with van der Waals surface area (Å²) in [7, 11) is 0. The molecule has 6 atom stereocenters. The molecule has 1 aliphatic heterocycles. The second-order valence-corrected chi connectivity index (χ2v) is 19.9. The Labute approximate surface area is 443 Å². The van der Waals surface area contributed by atoms with Crippen LogP contribution >= 0.6 is 0 Å². The monoisotopic (exact) mass is 1030 g/mol.